The molecule has 0 aliphatic carbocycles. The molecule has 1 fully saturated rings. The number of anilines is 1. The van der Waals surface area contributed by atoms with Gasteiger partial charge in [0.05, 0.1) is 6.61 Å². The largest absolute Gasteiger partial charge is 0.383 e. The molecule has 0 bridgehead atoms. The number of hydrogen-bond donors (Lipinski definition) is 1. The minimum atomic E-state index is -0.213. The molecular weight excluding hydrogens is 304 g/mol. The Kier molecular flexibility index (Phi) is 5.25. The van der Waals surface area contributed by atoms with Crippen LogP contribution in [-0.2, 0) is 4.74 Å². The van der Waals surface area contributed by atoms with Gasteiger partial charge in [0.15, 0.2) is 11.5 Å². The van der Waals surface area contributed by atoms with Crippen molar-refractivity contribution in [1.82, 2.24) is 15.5 Å². The number of fused-ring (bicyclic) bond motifs is 1. The first-order valence-electron chi connectivity index (χ1n) is 8.48. The van der Waals surface area contributed by atoms with Crippen LogP contribution in [-0.4, -0.2) is 49.5 Å². The average Bonchev–Trinajstić information content (AvgIpc) is 2.62. The number of benzene rings is 1. The molecule has 1 aromatic carbocycles. The maximum absolute atomic E-state index is 12.4. The number of rotatable bonds is 5. The molecule has 0 saturated carbocycles. The molecular formula is C18H24N4O2. The molecule has 6 nitrogen and oxygen atoms in total. The first-order chi connectivity index (χ1) is 11.7. The highest BCUT2D eigenvalue weighted by atomic mass is 16.5. The van der Waals surface area contributed by atoms with E-state index in [0.717, 1.165) is 48.4 Å². The van der Waals surface area contributed by atoms with E-state index in [-0.39, 0.29) is 5.91 Å². The van der Waals surface area contributed by atoms with E-state index in [4.69, 9.17) is 4.74 Å². The van der Waals surface area contributed by atoms with Crippen LogP contribution in [0.1, 0.15) is 30.3 Å². The molecule has 2 aromatic rings. The summed E-state index contributed by atoms with van der Waals surface area (Å²) in [7, 11) is 1.61. The molecule has 0 unspecified atom stereocenters. The Morgan fingerprint density at radius 2 is 1.96 bits per heavy atom. The van der Waals surface area contributed by atoms with Gasteiger partial charge in [-0.15, -0.1) is 10.2 Å². The zero-order chi connectivity index (χ0) is 16.9. The zero-order valence-electron chi connectivity index (χ0n) is 14.3. The van der Waals surface area contributed by atoms with Gasteiger partial charge in [-0.3, -0.25) is 4.79 Å². The topological polar surface area (TPSA) is 67.3 Å². The highest BCUT2D eigenvalue weighted by Gasteiger charge is 2.21. The Hall–Kier alpha value is -2.21. The molecule has 0 radical (unpaired) electrons. The lowest BCUT2D eigenvalue weighted by Crippen LogP contribution is -2.34. The van der Waals surface area contributed by atoms with Crippen LogP contribution in [0, 0.1) is 5.92 Å². The fourth-order valence-corrected chi connectivity index (χ4v) is 3.06. The van der Waals surface area contributed by atoms with E-state index in [2.05, 4.69) is 27.3 Å². The maximum Gasteiger partial charge on any atom is 0.272 e. The SMILES string of the molecule is COCCNC(=O)c1nnc(N2CCC(C)CC2)c2ccccc12. The number of hydrogen-bond acceptors (Lipinski definition) is 5. The number of ether oxygens (including phenoxy) is 1. The molecule has 1 aliphatic rings. The maximum atomic E-state index is 12.4. The van der Waals surface area contributed by atoms with Gasteiger partial charge in [0.2, 0.25) is 0 Å². The Labute approximate surface area is 142 Å². The minimum absolute atomic E-state index is 0.213. The normalized spacial score (nSPS) is 15.7. The van der Waals surface area contributed by atoms with Crippen molar-refractivity contribution in [3.63, 3.8) is 0 Å². The summed E-state index contributed by atoms with van der Waals surface area (Å²) in [6, 6.07) is 7.86. The number of amides is 1. The highest BCUT2D eigenvalue weighted by Crippen LogP contribution is 2.29. The van der Waals surface area contributed by atoms with Crippen LogP contribution in [0.3, 0.4) is 0 Å². The molecule has 1 aromatic heterocycles. The van der Waals surface area contributed by atoms with E-state index in [1.165, 1.54) is 0 Å². The smallest absolute Gasteiger partial charge is 0.272 e. The summed E-state index contributed by atoms with van der Waals surface area (Å²) >= 11 is 0. The predicted molar refractivity (Wildman–Crippen MR) is 94.4 cm³/mol. The number of methoxy groups -OCH3 is 1. The Morgan fingerprint density at radius 1 is 1.25 bits per heavy atom. The van der Waals surface area contributed by atoms with Gasteiger partial charge >= 0.3 is 0 Å². The molecule has 1 N–H and O–H groups in total. The van der Waals surface area contributed by atoms with Crippen molar-refractivity contribution in [2.75, 3.05) is 38.3 Å². The lowest BCUT2D eigenvalue weighted by atomic mass is 9.99. The molecule has 1 aliphatic heterocycles. The lowest BCUT2D eigenvalue weighted by molar-refractivity contribution is 0.0933. The molecule has 0 spiro atoms. The monoisotopic (exact) mass is 328 g/mol. The van der Waals surface area contributed by atoms with Crippen molar-refractivity contribution in [1.29, 1.82) is 0 Å². The molecule has 24 heavy (non-hydrogen) atoms. The molecule has 6 heteroatoms. The van der Waals surface area contributed by atoms with Crippen molar-refractivity contribution in [2.45, 2.75) is 19.8 Å². The first kappa shape index (κ1) is 16.6. The zero-order valence-corrected chi connectivity index (χ0v) is 14.3. The van der Waals surface area contributed by atoms with Crippen molar-refractivity contribution in [3.8, 4) is 0 Å². The number of nitrogens with one attached hydrogen (secondary N) is 1. The van der Waals surface area contributed by atoms with Crippen molar-refractivity contribution < 1.29 is 9.53 Å². The summed E-state index contributed by atoms with van der Waals surface area (Å²) in [4.78, 5) is 14.7. The lowest BCUT2D eigenvalue weighted by Gasteiger charge is -2.31. The predicted octanol–water partition coefficient (Wildman–Crippen LogP) is 2.24. The van der Waals surface area contributed by atoms with Crippen LogP contribution in [0.4, 0.5) is 5.82 Å². The molecule has 1 saturated heterocycles. The third-order valence-corrected chi connectivity index (χ3v) is 4.56. The van der Waals surface area contributed by atoms with Gasteiger partial charge < -0.3 is 15.0 Å². The highest BCUT2D eigenvalue weighted by molar-refractivity contribution is 6.07. The molecule has 128 valence electrons. The fourth-order valence-electron chi connectivity index (χ4n) is 3.06. The molecule has 0 atom stereocenters. The van der Waals surface area contributed by atoms with Crippen LogP contribution in [0.2, 0.25) is 0 Å². The summed E-state index contributed by atoms with van der Waals surface area (Å²) < 4.78 is 4.97. The van der Waals surface area contributed by atoms with Crippen LogP contribution in [0.5, 0.6) is 0 Å². The van der Waals surface area contributed by atoms with E-state index in [1.54, 1.807) is 7.11 Å². The second kappa shape index (κ2) is 7.57. The Balaban J connectivity index is 1.91. The average molecular weight is 328 g/mol. The van der Waals surface area contributed by atoms with Gasteiger partial charge in [0.25, 0.3) is 5.91 Å². The van der Waals surface area contributed by atoms with Gasteiger partial charge in [-0.1, -0.05) is 31.2 Å². The summed E-state index contributed by atoms with van der Waals surface area (Å²) in [6.45, 7) is 5.19. The number of piperidine rings is 1. The van der Waals surface area contributed by atoms with Gasteiger partial charge in [0.1, 0.15) is 0 Å². The van der Waals surface area contributed by atoms with Gasteiger partial charge in [-0.2, -0.15) is 0 Å². The van der Waals surface area contributed by atoms with Gasteiger partial charge in [0, 0.05) is 37.5 Å². The standard InChI is InChI=1S/C18H24N4O2/c1-13-7-10-22(11-8-13)17-15-6-4-3-5-14(15)16(20-21-17)18(23)19-9-12-24-2/h3-6,13H,7-12H2,1-2H3,(H,19,23). The quantitative estimate of drug-likeness (QED) is 0.853. The van der Waals surface area contributed by atoms with Crippen molar-refractivity contribution >= 4 is 22.5 Å². The minimum Gasteiger partial charge on any atom is -0.383 e. The molecule has 2 heterocycles. The van der Waals surface area contributed by atoms with Crippen LogP contribution in [0.15, 0.2) is 24.3 Å². The van der Waals surface area contributed by atoms with Crippen LogP contribution < -0.4 is 10.2 Å². The summed E-state index contributed by atoms with van der Waals surface area (Å²) in [5.74, 6) is 1.42. The van der Waals surface area contributed by atoms with Crippen molar-refractivity contribution in [3.05, 3.63) is 30.0 Å². The van der Waals surface area contributed by atoms with E-state index >= 15 is 0 Å². The van der Waals surface area contributed by atoms with E-state index in [9.17, 15) is 4.79 Å². The van der Waals surface area contributed by atoms with Gasteiger partial charge in [-0.25, -0.2) is 0 Å². The second-order valence-corrected chi connectivity index (χ2v) is 6.34. The van der Waals surface area contributed by atoms with Gasteiger partial charge in [-0.05, 0) is 18.8 Å². The summed E-state index contributed by atoms with van der Waals surface area (Å²) in [6.07, 6.45) is 2.32. The van der Waals surface area contributed by atoms with Crippen LogP contribution >= 0.6 is 0 Å². The molecule has 1 amide bonds. The number of nitrogens with zero attached hydrogens (tertiary/aromatic N) is 3. The van der Waals surface area contributed by atoms with E-state index < -0.39 is 0 Å². The van der Waals surface area contributed by atoms with E-state index in [0.29, 0.717) is 18.8 Å². The number of carbonyl (C=O) groups excluding carboxylic acids is 1. The summed E-state index contributed by atoms with van der Waals surface area (Å²) in [5.41, 5.74) is 0.371. The summed E-state index contributed by atoms with van der Waals surface area (Å²) in [5, 5.41) is 13.3. The first-order valence-corrected chi connectivity index (χ1v) is 8.48. The molecule has 3 rings (SSSR count). The van der Waals surface area contributed by atoms with E-state index in [1.807, 2.05) is 24.3 Å². The Bertz CT molecular complexity index is 711. The Morgan fingerprint density at radius 3 is 2.67 bits per heavy atom. The van der Waals surface area contributed by atoms with Crippen molar-refractivity contribution in [2.24, 2.45) is 5.92 Å². The number of carbonyl (C=O) groups is 1. The third kappa shape index (κ3) is 3.48. The fraction of sp³-hybridized carbons (Fsp3) is 0.500. The second-order valence-electron chi connectivity index (χ2n) is 6.34. The number of aromatic nitrogens is 2. The third-order valence-electron chi connectivity index (χ3n) is 4.56. The van der Waals surface area contributed by atoms with Crippen LogP contribution in [0.25, 0.3) is 10.8 Å².